The van der Waals surface area contributed by atoms with Gasteiger partial charge >= 0.3 is 0 Å². The fourth-order valence-corrected chi connectivity index (χ4v) is 3.42. The highest BCUT2D eigenvalue weighted by molar-refractivity contribution is 5.50. The van der Waals surface area contributed by atoms with Gasteiger partial charge in [0.2, 0.25) is 0 Å². The highest BCUT2D eigenvalue weighted by atomic mass is 16.5. The maximum atomic E-state index is 5.51. The van der Waals surface area contributed by atoms with E-state index in [1.165, 1.54) is 11.3 Å². The van der Waals surface area contributed by atoms with E-state index >= 15 is 0 Å². The van der Waals surface area contributed by atoms with Gasteiger partial charge in [-0.15, -0.1) is 0 Å². The van der Waals surface area contributed by atoms with Crippen LogP contribution < -0.4 is 14.8 Å². The van der Waals surface area contributed by atoms with E-state index in [0.717, 1.165) is 36.3 Å². The number of rotatable bonds is 9. The third-order valence-corrected chi connectivity index (χ3v) is 4.89. The zero-order chi connectivity index (χ0) is 18.4. The number of aryl methyl sites for hydroxylation is 2. The number of methoxy groups -OCH3 is 2. The van der Waals surface area contributed by atoms with Gasteiger partial charge in [0.15, 0.2) is 11.5 Å². The molecule has 0 radical (unpaired) electrons. The predicted octanol–water partition coefficient (Wildman–Crippen LogP) is 3.89. The highest BCUT2D eigenvalue weighted by Crippen LogP contribution is 2.33. The van der Waals surface area contributed by atoms with Crippen molar-refractivity contribution in [1.82, 2.24) is 9.88 Å². The van der Waals surface area contributed by atoms with Crippen LogP contribution in [-0.2, 0) is 19.9 Å². The van der Waals surface area contributed by atoms with Crippen LogP contribution in [0.25, 0.3) is 0 Å². The topological polar surface area (TPSA) is 35.4 Å². The molecule has 0 fully saturated rings. The molecule has 4 heteroatoms. The van der Waals surface area contributed by atoms with Crippen LogP contribution in [0.15, 0.2) is 30.5 Å². The van der Waals surface area contributed by atoms with Crippen molar-refractivity contribution in [1.29, 1.82) is 0 Å². The molecule has 4 nitrogen and oxygen atoms in total. The maximum absolute atomic E-state index is 5.51. The molecule has 0 aliphatic rings. The van der Waals surface area contributed by atoms with Crippen LogP contribution in [0.3, 0.4) is 0 Å². The molecule has 1 aromatic heterocycles. The molecule has 0 aliphatic heterocycles. The minimum absolute atomic E-state index is 0.403. The van der Waals surface area contributed by atoms with Crippen molar-refractivity contribution in [2.45, 2.75) is 52.1 Å². The van der Waals surface area contributed by atoms with Gasteiger partial charge in [0.1, 0.15) is 0 Å². The number of hydrogen-bond donors (Lipinski definition) is 1. The zero-order valence-corrected chi connectivity index (χ0v) is 16.4. The standard InChI is InChI=1S/C21H32N2O2/c1-15(9-11-19-8-7-13-23(19)4)22-16(2)14-18-10-12-20(24-5)21(25-6)17(18)3/h7-8,10,12-13,15-16,22H,9,11,14H2,1-6H3. The molecule has 1 heterocycles. The van der Waals surface area contributed by atoms with Crippen LogP contribution in [0, 0.1) is 6.92 Å². The first-order valence-electron chi connectivity index (χ1n) is 9.03. The summed E-state index contributed by atoms with van der Waals surface area (Å²) in [5, 5.41) is 3.72. The zero-order valence-electron chi connectivity index (χ0n) is 16.4. The SMILES string of the molecule is COc1ccc(CC(C)NC(C)CCc2cccn2C)c(C)c1OC. The first kappa shape index (κ1) is 19.4. The van der Waals surface area contributed by atoms with Crippen LogP contribution in [0.4, 0.5) is 0 Å². The molecule has 1 N–H and O–H groups in total. The Kier molecular flexibility index (Phi) is 6.94. The number of ether oxygens (including phenoxy) is 2. The van der Waals surface area contributed by atoms with Crippen LogP contribution in [-0.4, -0.2) is 30.9 Å². The second-order valence-corrected chi connectivity index (χ2v) is 6.91. The molecule has 0 spiro atoms. The molecule has 2 atom stereocenters. The Morgan fingerprint density at radius 2 is 1.84 bits per heavy atom. The van der Waals surface area contributed by atoms with E-state index in [0.29, 0.717) is 12.1 Å². The molecule has 25 heavy (non-hydrogen) atoms. The lowest BCUT2D eigenvalue weighted by molar-refractivity contribution is 0.352. The Morgan fingerprint density at radius 1 is 1.08 bits per heavy atom. The van der Waals surface area contributed by atoms with Crippen molar-refractivity contribution in [3.8, 4) is 11.5 Å². The summed E-state index contributed by atoms with van der Waals surface area (Å²) in [5.74, 6) is 1.63. The third-order valence-electron chi connectivity index (χ3n) is 4.89. The summed E-state index contributed by atoms with van der Waals surface area (Å²) in [6.45, 7) is 6.61. The number of nitrogens with zero attached hydrogens (tertiary/aromatic N) is 1. The van der Waals surface area contributed by atoms with E-state index < -0.39 is 0 Å². The van der Waals surface area contributed by atoms with Gasteiger partial charge in [0.25, 0.3) is 0 Å². The molecule has 0 amide bonds. The summed E-state index contributed by atoms with van der Waals surface area (Å²) < 4.78 is 13.1. The van der Waals surface area contributed by atoms with E-state index in [1.54, 1.807) is 14.2 Å². The lowest BCUT2D eigenvalue weighted by atomic mass is 9.99. The molecule has 0 saturated carbocycles. The number of benzene rings is 1. The molecule has 1 aromatic carbocycles. The minimum Gasteiger partial charge on any atom is -0.493 e. The van der Waals surface area contributed by atoms with E-state index in [1.807, 2.05) is 6.07 Å². The van der Waals surface area contributed by atoms with Crippen LogP contribution >= 0.6 is 0 Å². The van der Waals surface area contributed by atoms with Gasteiger partial charge in [0, 0.05) is 31.0 Å². The molecular weight excluding hydrogens is 312 g/mol. The summed E-state index contributed by atoms with van der Waals surface area (Å²) in [7, 11) is 5.48. The molecular formula is C21H32N2O2. The van der Waals surface area contributed by atoms with E-state index in [-0.39, 0.29) is 0 Å². The van der Waals surface area contributed by atoms with Crippen molar-refractivity contribution in [3.05, 3.63) is 47.3 Å². The maximum Gasteiger partial charge on any atom is 0.163 e. The minimum atomic E-state index is 0.403. The van der Waals surface area contributed by atoms with Crippen LogP contribution in [0.5, 0.6) is 11.5 Å². The van der Waals surface area contributed by atoms with Gasteiger partial charge in [0.05, 0.1) is 14.2 Å². The summed E-state index contributed by atoms with van der Waals surface area (Å²) in [5.41, 5.74) is 3.84. The Morgan fingerprint density at radius 3 is 2.44 bits per heavy atom. The first-order chi connectivity index (χ1) is 12.0. The lowest BCUT2D eigenvalue weighted by Crippen LogP contribution is -2.36. The molecule has 2 unspecified atom stereocenters. The second-order valence-electron chi connectivity index (χ2n) is 6.91. The predicted molar refractivity (Wildman–Crippen MR) is 104 cm³/mol. The summed E-state index contributed by atoms with van der Waals surface area (Å²) in [4.78, 5) is 0. The highest BCUT2D eigenvalue weighted by Gasteiger charge is 2.14. The smallest absolute Gasteiger partial charge is 0.163 e. The van der Waals surface area contributed by atoms with Gasteiger partial charge in [-0.25, -0.2) is 0 Å². The molecule has 0 aliphatic carbocycles. The molecule has 2 rings (SSSR count). The molecule has 2 aromatic rings. The van der Waals surface area contributed by atoms with Crippen molar-refractivity contribution in [2.75, 3.05) is 14.2 Å². The van der Waals surface area contributed by atoms with E-state index in [2.05, 4.69) is 62.1 Å². The van der Waals surface area contributed by atoms with Gasteiger partial charge in [-0.05, 0) is 69.4 Å². The molecule has 138 valence electrons. The van der Waals surface area contributed by atoms with Crippen molar-refractivity contribution < 1.29 is 9.47 Å². The van der Waals surface area contributed by atoms with E-state index in [9.17, 15) is 0 Å². The van der Waals surface area contributed by atoms with Crippen molar-refractivity contribution >= 4 is 0 Å². The summed E-state index contributed by atoms with van der Waals surface area (Å²) in [6, 6.07) is 9.32. The summed E-state index contributed by atoms with van der Waals surface area (Å²) in [6.07, 6.45) is 5.31. The fraction of sp³-hybridized carbons (Fsp3) is 0.524. The monoisotopic (exact) mass is 344 g/mol. The van der Waals surface area contributed by atoms with Gasteiger partial charge < -0.3 is 19.4 Å². The number of nitrogens with one attached hydrogen (secondary N) is 1. The van der Waals surface area contributed by atoms with Crippen LogP contribution in [0.2, 0.25) is 0 Å². The van der Waals surface area contributed by atoms with Gasteiger partial charge in [-0.3, -0.25) is 0 Å². The second kappa shape index (κ2) is 8.95. The Hall–Kier alpha value is -1.94. The number of aromatic nitrogens is 1. The Bertz CT molecular complexity index is 679. The fourth-order valence-electron chi connectivity index (χ4n) is 3.42. The van der Waals surface area contributed by atoms with Gasteiger partial charge in [-0.1, -0.05) is 6.07 Å². The van der Waals surface area contributed by atoms with Gasteiger partial charge in [-0.2, -0.15) is 0 Å². The van der Waals surface area contributed by atoms with Crippen molar-refractivity contribution in [2.24, 2.45) is 7.05 Å². The largest absolute Gasteiger partial charge is 0.493 e. The first-order valence-corrected chi connectivity index (χ1v) is 9.03. The molecule has 0 saturated heterocycles. The molecule has 0 bridgehead atoms. The van der Waals surface area contributed by atoms with Crippen LogP contribution in [0.1, 0.15) is 37.1 Å². The normalized spacial score (nSPS) is 13.5. The quantitative estimate of drug-likeness (QED) is 0.749. The van der Waals surface area contributed by atoms with Crippen molar-refractivity contribution in [3.63, 3.8) is 0 Å². The average molecular weight is 344 g/mol. The average Bonchev–Trinajstić information content (AvgIpc) is 2.99. The Labute approximate surface area is 152 Å². The Balaban J connectivity index is 1.91. The third kappa shape index (κ3) is 5.02. The summed E-state index contributed by atoms with van der Waals surface area (Å²) >= 11 is 0. The van der Waals surface area contributed by atoms with E-state index in [4.69, 9.17) is 9.47 Å². The lowest BCUT2D eigenvalue weighted by Gasteiger charge is -2.22. The number of hydrogen-bond acceptors (Lipinski definition) is 3.